The Morgan fingerprint density at radius 3 is 2.44 bits per heavy atom. The van der Waals surface area contributed by atoms with Crippen LogP contribution in [0.2, 0.25) is 0 Å². The molecule has 0 spiro atoms. The summed E-state index contributed by atoms with van der Waals surface area (Å²) in [7, 11) is -3.61. The fourth-order valence-electron chi connectivity index (χ4n) is 3.05. The Hall–Kier alpha value is -1.93. The van der Waals surface area contributed by atoms with E-state index < -0.39 is 10.0 Å². The average molecular weight is 396 g/mol. The standard InChI is InChI=1S/C19H29N3O4S/c1-14(2)21-18(23)9-10-20-19(24)16-8-7-15(3)17(13-16)27(25,26)22-11-5-4-6-12-22/h7-8,13-14H,4-6,9-12H2,1-3H3,(H,20,24)(H,21,23). The molecule has 27 heavy (non-hydrogen) atoms. The quantitative estimate of drug-likeness (QED) is 0.736. The van der Waals surface area contributed by atoms with Crippen LogP contribution in [-0.4, -0.2) is 50.2 Å². The van der Waals surface area contributed by atoms with E-state index in [9.17, 15) is 18.0 Å². The van der Waals surface area contributed by atoms with Gasteiger partial charge in [0.2, 0.25) is 15.9 Å². The molecule has 8 heteroatoms. The summed E-state index contributed by atoms with van der Waals surface area (Å²) in [4.78, 5) is 24.2. The molecule has 1 saturated heterocycles. The highest BCUT2D eigenvalue weighted by atomic mass is 32.2. The Bertz CT molecular complexity index is 784. The van der Waals surface area contributed by atoms with Crippen molar-refractivity contribution in [3.63, 3.8) is 0 Å². The molecular formula is C19H29N3O4S. The van der Waals surface area contributed by atoms with Crippen LogP contribution in [0.3, 0.4) is 0 Å². The Labute approximate surface area is 161 Å². The zero-order valence-electron chi connectivity index (χ0n) is 16.2. The van der Waals surface area contributed by atoms with Gasteiger partial charge in [-0.05, 0) is 51.3 Å². The van der Waals surface area contributed by atoms with Gasteiger partial charge in [0.1, 0.15) is 0 Å². The Morgan fingerprint density at radius 2 is 1.81 bits per heavy atom. The van der Waals surface area contributed by atoms with Gasteiger partial charge >= 0.3 is 0 Å². The van der Waals surface area contributed by atoms with Crippen LogP contribution in [0.5, 0.6) is 0 Å². The summed E-state index contributed by atoms with van der Waals surface area (Å²) in [5, 5.41) is 5.43. The molecule has 0 radical (unpaired) electrons. The van der Waals surface area contributed by atoms with Crippen molar-refractivity contribution >= 4 is 21.8 Å². The lowest BCUT2D eigenvalue weighted by molar-refractivity contribution is -0.121. The van der Waals surface area contributed by atoms with Gasteiger partial charge in [0.25, 0.3) is 5.91 Å². The van der Waals surface area contributed by atoms with Crippen molar-refractivity contribution in [2.24, 2.45) is 0 Å². The van der Waals surface area contributed by atoms with E-state index in [1.54, 1.807) is 19.1 Å². The summed E-state index contributed by atoms with van der Waals surface area (Å²) in [6.07, 6.45) is 2.93. The van der Waals surface area contributed by atoms with E-state index in [4.69, 9.17) is 0 Å². The number of nitrogens with one attached hydrogen (secondary N) is 2. The normalized spacial score (nSPS) is 15.6. The van der Waals surface area contributed by atoms with Gasteiger partial charge in [0, 0.05) is 37.7 Å². The second-order valence-corrected chi connectivity index (χ2v) is 9.08. The first kappa shape index (κ1) is 21.4. The van der Waals surface area contributed by atoms with Crippen LogP contribution in [0.25, 0.3) is 0 Å². The minimum absolute atomic E-state index is 0.0489. The van der Waals surface area contributed by atoms with E-state index in [0.717, 1.165) is 19.3 Å². The fraction of sp³-hybridized carbons (Fsp3) is 0.579. The molecule has 2 rings (SSSR count). The van der Waals surface area contributed by atoms with Gasteiger partial charge in [-0.2, -0.15) is 4.31 Å². The summed E-state index contributed by atoms with van der Waals surface area (Å²) in [5.41, 5.74) is 0.897. The maximum Gasteiger partial charge on any atom is 0.251 e. The number of carbonyl (C=O) groups is 2. The molecule has 0 saturated carbocycles. The number of rotatable bonds is 7. The second kappa shape index (κ2) is 9.32. The van der Waals surface area contributed by atoms with Crippen LogP contribution >= 0.6 is 0 Å². The fourth-order valence-corrected chi connectivity index (χ4v) is 4.82. The topological polar surface area (TPSA) is 95.6 Å². The van der Waals surface area contributed by atoms with Crippen LogP contribution < -0.4 is 10.6 Å². The smallest absolute Gasteiger partial charge is 0.251 e. The van der Waals surface area contributed by atoms with Crippen molar-refractivity contribution in [2.75, 3.05) is 19.6 Å². The average Bonchev–Trinajstić information content (AvgIpc) is 2.62. The lowest BCUT2D eigenvalue weighted by Crippen LogP contribution is -2.36. The molecule has 7 nitrogen and oxygen atoms in total. The van der Waals surface area contributed by atoms with Crippen LogP contribution in [0, 0.1) is 6.92 Å². The summed E-state index contributed by atoms with van der Waals surface area (Å²) in [5.74, 6) is -0.523. The molecule has 0 aromatic heterocycles. The van der Waals surface area contributed by atoms with Crippen molar-refractivity contribution in [1.29, 1.82) is 0 Å². The number of benzene rings is 1. The largest absolute Gasteiger partial charge is 0.354 e. The number of piperidine rings is 1. The van der Waals surface area contributed by atoms with Gasteiger partial charge < -0.3 is 10.6 Å². The van der Waals surface area contributed by atoms with Gasteiger partial charge in [-0.15, -0.1) is 0 Å². The van der Waals surface area contributed by atoms with Crippen molar-refractivity contribution in [3.8, 4) is 0 Å². The SMILES string of the molecule is Cc1ccc(C(=O)NCCC(=O)NC(C)C)cc1S(=O)(=O)N1CCCCC1. The van der Waals surface area contributed by atoms with E-state index in [1.165, 1.54) is 10.4 Å². The lowest BCUT2D eigenvalue weighted by Gasteiger charge is -2.26. The predicted octanol–water partition coefficient (Wildman–Crippen LogP) is 1.81. The molecule has 1 aliphatic heterocycles. The molecule has 0 atom stereocenters. The molecular weight excluding hydrogens is 366 g/mol. The molecule has 0 unspecified atom stereocenters. The molecule has 1 fully saturated rings. The zero-order chi connectivity index (χ0) is 20.0. The highest BCUT2D eigenvalue weighted by Gasteiger charge is 2.28. The predicted molar refractivity (Wildman–Crippen MR) is 104 cm³/mol. The molecule has 0 bridgehead atoms. The zero-order valence-corrected chi connectivity index (χ0v) is 17.1. The van der Waals surface area contributed by atoms with E-state index in [1.807, 2.05) is 13.8 Å². The minimum atomic E-state index is -3.61. The molecule has 1 heterocycles. The third-order valence-corrected chi connectivity index (χ3v) is 6.51. The number of hydrogen-bond acceptors (Lipinski definition) is 4. The summed E-state index contributed by atoms with van der Waals surface area (Å²) in [6.45, 7) is 6.70. The summed E-state index contributed by atoms with van der Waals surface area (Å²) < 4.78 is 27.4. The summed E-state index contributed by atoms with van der Waals surface area (Å²) in [6, 6.07) is 4.74. The van der Waals surface area contributed by atoms with Crippen LogP contribution in [0.1, 0.15) is 55.5 Å². The van der Waals surface area contributed by atoms with Crippen molar-refractivity contribution in [1.82, 2.24) is 14.9 Å². The highest BCUT2D eigenvalue weighted by Crippen LogP contribution is 2.24. The van der Waals surface area contributed by atoms with Crippen molar-refractivity contribution in [3.05, 3.63) is 29.3 Å². The maximum atomic E-state index is 12.9. The van der Waals surface area contributed by atoms with Crippen LogP contribution in [-0.2, 0) is 14.8 Å². The number of sulfonamides is 1. The van der Waals surface area contributed by atoms with Gasteiger partial charge in [-0.1, -0.05) is 12.5 Å². The molecule has 2 amide bonds. The van der Waals surface area contributed by atoms with E-state index in [0.29, 0.717) is 18.7 Å². The number of carbonyl (C=O) groups excluding carboxylic acids is 2. The van der Waals surface area contributed by atoms with Gasteiger partial charge in [0.15, 0.2) is 0 Å². The van der Waals surface area contributed by atoms with Gasteiger partial charge in [0.05, 0.1) is 4.90 Å². The van der Waals surface area contributed by atoms with Crippen molar-refractivity contribution in [2.45, 2.75) is 57.4 Å². The van der Waals surface area contributed by atoms with E-state index in [-0.39, 0.29) is 41.3 Å². The summed E-state index contributed by atoms with van der Waals surface area (Å²) >= 11 is 0. The van der Waals surface area contributed by atoms with Gasteiger partial charge in [-0.3, -0.25) is 9.59 Å². The Balaban J connectivity index is 2.07. The molecule has 1 aromatic rings. The first-order valence-corrected chi connectivity index (χ1v) is 10.8. The Kier molecular flexibility index (Phi) is 7.38. The maximum absolute atomic E-state index is 12.9. The number of nitrogens with zero attached hydrogens (tertiary/aromatic N) is 1. The molecule has 1 aromatic carbocycles. The van der Waals surface area contributed by atoms with Crippen molar-refractivity contribution < 1.29 is 18.0 Å². The third kappa shape index (κ3) is 5.77. The molecule has 150 valence electrons. The number of aryl methyl sites for hydroxylation is 1. The molecule has 0 aliphatic carbocycles. The van der Waals surface area contributed by atoms with Gasteiger partial charge in [-0.25, -0.2) is 8.42 Å². The third-order valence-electron chi connectivity index (χ3n) is 4.47. The van der Waals surface area contributed by atoms with Crippen LogP contribution in [0.15, 0.2) is 23.1 Å². The van der Waals surface area contributed by atoms with E-state index >= 15 is 0 Å². The molecule has 1 aliphatic rings. The second-order valence-electron chi connectivity index (χ2n) is 7.17. The lowest BCUT2D eigenvalue weighted by atomic mass is 10.1. The first-order valence-electron chi connectivity index (χ1n) is 9.40. The molecule has 2 N–H and O–H groups in total. The van der Waals surface area contributed by atoms with E-state index in [2.05, 4.69) is 10.6 Å². The van der Waals surface area contributed by atoms with Crippen LogP contribution in [0.4, 0.5) is 0 Å². The Morgan fingerprint density at radius 1 is 1.15 bits per heavy atom. The highest BCUT2D eigenvalue weighted by molar-refractivity contribution is 7.89. The minimum Gasteiger partial charge on any atom is -0.354 e. The monoisotopic (exact) mass is 395 g/mol. The number of hydrogen-bond donors (Lipinski definition) is 2. The number of amides is 2. The first-order chi connectivity index (χ1) is 12.7.